The number of anilines is 1. The summed E-state index contributed by atoms with van der Waals surface area (Å²) in [6.45, 7) is 6.92. The van der Waals surface area contributed by atoms with Crippen molar-refractivity contribution in [1.82, 2.24) is 15.1 Å². The van der Waals surface area contributed by atoms with Crippen LogP contribution in [-0.2, 0) is 9.59 Å². The van der Waals surface area contributed by atoms with Crippen LogP contribution in [0.2, 0.25) is 0 Å². The van der Waals surface area contributed by atoms with Crippen LogP contribution in [0.1, 0.15) is 26.2 Å². The molecule has 2 heterocycles. The summed E-state index contributed by atoms with van der Waals surface area (Å²) in [6, 6.07) is 5.24. The largest absolute Gasteiger partial charge is 0.495 e. The van der Waals surface area contributed by atoms with Crippen molar-refractivity contribution in [3.05, 3.63) is 24.1 Å². The van der Waals surface area contributed by atoms with Crippen molar-refractivity contribution in [1.29, 1.82) is 0 Å². The molecule has 2 amide bonds. The van der Waals surface area contributed by atoms with Crippen LogP contribution in [0.25, 0.3) is 11.5 Å². The standard InChI is InChI=1S/C19H24N4O4/c1-11(2)9-23-10-14(8-17(23)24)18(25)20-15-7-13(5-6-16(15)26-4)19-22-21-12(3)27-19/h5-7,11,14H,8-10H2,1-4H3,(H,20,25). The van der Waals surface area contributed by atoms with Crippen LogP contribution < -0.4 is 10.1 Å². The molecule has 1 aromatic heterocycles. The second kappa shape index (κ2) is 7.77. The Bertz CT molecular complexity index is 846. The Labute approximate surface area is 157 Å². The molecule has 8 nitrogen and oxygen atoms in total. The monoisotopic (exact) mass is 372 g/mol. The Hall–Kier alpha value is -2.90. The molecule has 1 N–H and O–H groups in total. The number of nitrogens with one attached hydrogen (secondary N) is 1. The predicted octanol–water partition coefficient (Wildman–Crippen LogP) is 2.50. The van der Waals surface area contributed by atoms with Gasteiger partial charge in [0.25, 0.3) is 0 Å². The number of ether oxygens (including phenoxy) is 1. The molecule has 2 aromatic rings. The first-order valence-electron chi connectivity index (χ1n) is 8.94. The van der Waals surface area contributed by atoms with Crippen LogP contribution in [0.5, 0.6) is 5.75 Å². The van der Waals surface area contributed by atoms with E-state index in [9.17, 15) is 9.59 Å². The fourth-order valence-corrected chi connectivity index (χ4v) is 3.15. The van der Waals surface area contributed by atoms with E-state index in [0.29, 0.717) is 47.8 Å². The maximum Gasteiger partial charge on any atom is 0.247 e. The number of carbonyl (C=O) groups excluding carboxylic acids is 2. The smallest absolute Gasteiger partial charge is 0.247 e. The van der Waals surface area contributed by atoms with Gasteiger partial charge >= 0.3 is 0 Å². The highest BCUT2D eigenvalue weighted by molar-refractivity contribution is 5.98. The van der Waals surface area contributed by atoms with Crippen molar-refractivity contribution in [2.45, 2.75) is 27.2 Å². The molecule has 1 aliphatic heterocycles. The Morgan fingerprint density at radius 2 is 2.19 bits per heavy atom. The van der Waals surface area contributed by atoms with Gasteiger partial charge in [-0.05, 0) is 24.1 Å². The number of benzene rings is 1. The highest BCUT2D eigenvalue weighted by Crippen LogP contribution is 2.31. The van der Waals surface area contributed by atoms with Crippen LogP contribution >= 0.6 is 0 Å². The summed E-state index contributed by atoms with van der Waals surface area (Å²) in [5, 5.41) is 10.7. The van der Waals surface area contributed by atoms with E-state index in [-0.39, 0.29) is 24.2 Å². The quantitative estimate of drug-likeness (QED) is 0.837. The van der Waals surface area contributed by atoms with Crippen LogP contribution in [0.4, 0.5) is 5.69 Å². The number of hydrogen-bond donors (Lipinski definition) is 1. The van der Waals surface area contributed by atoms with E-state index in [0.717, 1.165) is 0 Å². The van der Waals surface area contributed by atoms with Gasteiger partial charge in [-0.2, -0.15) is 0 Å². The van der Waals surface area contributed by atoms with Gasteiger partial charge in [0.2, 0.25) is 23.6 Å². The topological polar surface area (TPSA) is 97.6 Å². The molecule has 1 saturated heterocycles. The maximum atomic E-state index is 12.7. The number of hydrogen-bond acceptors (Lipinski definition) is 6. The molecule has 27 heavy (non-hydrogen) atoms. The molecule has 8 heteroatoms. The van der Waals surface area contributed by atoms with Crippen molar-refractivity contribution in [3.8, 4) is 17.2 Å². The number of carbonyl (C=O) groups is 2. The average Bonchev–Trinajstić information content (AvgIpc) is 3.21. The summed E-state index contributed by atoms with van der Waals surface area (Å²) in [4.78, 5) is 26.6. The number of amides is 2. The van der Waals surface area contributed by atoms with Crippen molar-refractivity contribution >= 4 is 17.5 Å². The summed E-state index contributed by atoms with van der Waals surface area (Å²) in [7, 11) is 1.53. The molecule has 1 fully saturated rings. The fraction of sp³-hybridized carbons (Fsp3) is 0.474. The first-order valence-corrected chi connectivity index (χ1v) is 8.94. The lowest BCUT2D eigenvalue weighted by Crippen LogP contribution is -2.31. The lowest BCUT2D eigenvalue weighted by Gasteiger charge is -2.19. The van der Waals surface area contributed by atoms with E-state index >= 15 is 0 Å². The van der Waals surface area contributed by atoms with Crippen molar-refractivity contribution < 1.29 is 18.7 Å². The first-order chi connectivity index (χ1) is 12.9. The molecule has 1 aromatic carbocycles. The van der Waals surface area contributed by atoms with Crippen LogP contribution in [-0.4, -0.2) is 47.1 Å². The lowest BCUT2D eigenvalue weighted by molar-refractivity contribution is -0.128. The first kappa shape index (κ1) is 18.9. The lowest BCUT2D eigenvalue weighted by atomic mass is 10.1. The molecular weight excluding hydrogens is 348 g/mol. The molecule has 0 radical (unpaired) electrons. The van der Waals surface area contributed by atoms with Gasteiger partial charge in [-0.3, -0.25) is 9.59 Å². The van der Waals surface area contributed by atoms with E-state index in [1.165, 1.54) is 7.11 Å². The van der Waals surface area contributed by atoms with Crippen LogP contribution in [0, 0.1) is 18.8 Å². The van der Waals surface area contributed by atoms with E-state index in [1.54, 1.807) is 30.0 Å². The van der Waals surface area contributed by atoms with Gasteiger partial charge in [0.05, 0.1) is 18.7 Å². The zero-order valence-corrected chi connectivity index (χ0v) is 16.0. The van der Waals surface area contributed by atoms with E-state index in [1.807, 2.05) is 0 Å². The second-order valence-corrected chi connectivity index (χ2v) is 7.12. The van der Waals surface area contributed by atoms with Crippen molar-refractivity contribution in [2.24, 2.45) is 11.8 Å². The molecule has 0 aliphatic carbocycles. The summed E-state index contributed by atoms with van der Waals surface area (Å²) in [6.07, 6.45) is 0.226. The van der Waals surface area contributed by atoms with Gasteiger partial charge in [0.15, 0.2) is 0 Å². The number of methoxy groups -OCH3 is 1. The summed E-state index contributed by atoms with van der Waals surface area (Å²) >= 11 is 0. The molecule has 0 spiro atoms. The average molecular weight is 372 g/mol. The molecular formula is C19H24N4O4. The Kier molecular flexibility index (Phi) is 5.43. The molecule has 1 atom stereocenters. The van der Waals surface area contributed by atoms with Gasteiger partial charge in [-0.15, -0.1) is 10.2 Å². The molecule has 1 unspecified atom stereocenters. The third-order valence-electron chi connectivity index (χ3n) is 4.40. The van der Waals surface area contributed by atoms with Gasteiger partial charge < -0.3 is 19.4 Å². The Morgan fingerprint density at radius 3 is 2.81 bits per heavy atom. The normalized spacial score (nSPS) is 16.9. The molecule has 3 rings (SSSR count). The maximum absolute atomic E-state index is 12.7. The number of nitrogens with zero attached hydrogens (tertiary/aromatic N) is 3. The minimum absolute atomic E-state index is 0.0194. The minimum atomic E-state index is -0.379. The third kappa shape index (κ3) is 4.27. The van der Waals surface area contributed by atoms with E-state index in [4.69, 9.17) is 9.15 Å². The molecule has 0 bridgehead atoms. The number of aryl methyl sites for hydroxylation is 1. The Morgan fingerprint density at radius 1 is 1.41 bits per heavy atom. The Balaban J connectivity index is 1.76. The van der Waals surface area contributed by atoms with Crippen molar-refractivity contribution in [3.63, 3.8) is 0 Å². The molecule has 0 saturated carbocycles. The predicted molar refractivity (Wildman–Crippen MR) is 99.2 cm³/mol. The second-order valence-electron chi connectivity index (χ2n) is 7.12. The van der Waals surface area contributed by atoms with Crippen LogP contribution in [0.15, 0.2) is 22.6 Å². The van der Waals surface area contributed by atoms with Gasteiger partial charge in [-0.1, -0.05) is 13.8 Å². The highest BCUT2D eigenvalue weighted by Gasteiger charge is 2.34. The zero-order chi connectivity index (χ0) is 19.6. The number of aromatic nitrogens is 2. The highest BCUT2D eigenvalue weighted by atomic mass is 16.5. The zero-order valence-electron chi connectivity index (χ0n) is 16.0. The van der Waals surface area contributed by atoms with Crippen molar-refractivity contribution in [2.75, 3.05) is 25.5 Å². The summed E-state index contributed by atoms with van der Waals surface area (Å²) < 4.78 is 10.8. The molecule has 144 valence electrons. The van der Waals surface area contributed by atoms with Gasteiger partial charge in [-0.25, -0.2) is 0 Å². The molecule has 1 aliphatic rings. The summed E-state index contributed by atoms with van der Waals surface area (Å²) in [5.41, 5.74) is 1.18. The van der Waals surface area contributed by atoms with E-state index in [2.05, 4.69) is 29.4 Å². The van der Waals surface area contributed by atoms with Crippen LogP contribution in [0.3, 0.4) is 0 Å². The third-order valence-corrected chi connectivity index (χ3v) is 4.40. The van der Waals surface area contributed by atoms with E-state index < -0.39 is 0 Å². The summed E-state index contributed by atoms with van der Waals surface area (Å²) in [5.74, 6) is 1.15. The number of rotatable bonds is 6. The van der Waals surface area contributed by atoms with Gasteiger partial charge in [0.1, 0.15) is 5.75 Å². The SMILES string of the molecule is COc1ccc(-c2nnc(C)o2)cc1NC(=O)C1CC(=O)N(CC(C)C)C1. The van der Waals surface area contributed by atoms with Gasteiger partial charge in [0, 0.05) is 32.0 Å². The minimum Gasteiger partial charge on any atom is -0.495 e. The number of likely N-dealkylation sites (tertiary alicyclic amines) is 1. The fourth-order valence-electron chi connectivity index (χ4n) is 3.15.